The van der Waals surface area contributed by atoms with Crippen LogP contribution >= 0.6 is 11.8 Å². The molecule has 0 amide bonds. The van der Waals surface area contributed by atoms with Crippen molar-refractivity contribution in [3.63, 3.8) is 0 Å². The van der Waals surface area contributed by atoms with Gasteiger partial charge in [-0.05, 0) is 38.0 Å². The molecule has 2 aromatic heterocycles. The molecule has 0 aliphatic carbocycles. The highest BCUT2D eigenvalue weighted by Crippen LogP contribution is 2.29. The number of aryl methyl sites for hydroxylation is 1. The SMILES string of the molecule is CCn1c(SCc2ccon2)nc2cc(S(=O)(=O)N3CCCCC3)ccc21. The zero-order valence-electron chi connectivity index (χ0n) is 15.2. The summed E-state index contributed by atoms with van der Waals surface area (Å²) in [6.45, 7) is 4.01. The number of aromatic nitrogens is 3. The van der Waals surface area contributed by atoms with Crippen molar-refractivity contribution in [2.24, 2.45) is 0 Å². The van der Waals surface area contributed by atoms with Gasteiger partial charge in [0.2, 0.25) is 10.0 Å². The van der Waals surface area contributed by atoms with Crippen LogP contribution in [0.5, 0.6) is 0 Å². The third-order valence-electron chi connectivity index (χ3n) is 4.79. The van der Waals surface area contributed by atoms with Crippen LogP contribution in [0.15, 0.2) is 45.1 Å². The lowest BCUT2D eigenvalue weighted by Crippen LogP contribution is -2.35. The van der Waals surface area contributed by atoms with Gasteiger partial charge in [-0.15, -0.1) is 0 Å². The summed E-state index contributed by atoms with van der Waals surface area (Å²) in [6.07, 6.45) is 4.50. The number of hydrogen-bond donors (Lipinski definition) is 0. The molecule has 0 radical (unpaired) electrons. The summed E-state index contributed by atoms with van der Waals surface area (Å²) in [5.41, 5.74) is 2.50. The van der Waals surface area contributed by atoms with E-state index in [0.29, 0.717) is 29.3 Å². The second kappa shape index (κ2) is 7.65. The van der Waals surface area contributed by atoms with Crippen molar-refractivity contribution < 1.29 is 12.9 Å². The molecule has 0 unspecified atom stereocenters. The van der Waals surface area contributed by atoms with E-state index in [9.17, 15) is 8.42 Å². The maximum absolute atomic E-state index is 12.9. The average molecular weight is 407 g/mol. The van der Waals surface area contributed by atoms with Crippen molar-refractivity contribution in [2.75, 3.05) is 13.1 Å². The molecule has 7 nitrogen and oxygen atoms in total. The number of sulfonamides is 1. The summed E-state index contributed by atoms with van der Waals surface area (Å²) < 4.78 is 34.4. The highest BCUT2D eigenvalue weighted by Gasteiger charge is 2.26. The molecule has 0 N–H and O–H groups in total. The second-order valence-electron chi connectivity index (χ2n) is 6.53. The molecule has 0 bridgehead atoms. The number of rotatable bonds is 6. The van der Waals surface area contributed by atoms with Crippen molar-refractivity contribution in [3.8, 4) is 0 Å². The summed E-state index contributed by atoms with van der Waals surface area (Å²) in [5, 5.41) is 4.77. The number of piperidine rings is 1. The Hall–Kier alpha value is -1.84. The predicted molar refractivity (Wildman–Crippen MR) is 104 cm³/mol. The molecule has 0 atom stereocenters. The fourth-order valence-electron chi connectivity index (χ4n) is 3.37. The average Bonchev–Trinajstić information content (AvgIpc) is 3.33. The molecule has 0 spiro atoms. The number of fused-ring (bicyclic) bond motifs is 1. The maximum Gasteiger partial charge on any atom is 0.243 e. The largest absolute Gasteiger partial charge is 0.364 e. The Balaban J connectivity index is 1.65. The van der Waals surface area contributed by atoms with Crippen molar-refractivity contribution in [1.82, 2.24) is 19.0 Å². The number of hydrogen-bond acceptors (Lipinski definition) is 6. The lowest BCUT2D eigenvalue weighted by Gasteiger charge is -2.25. The minimum Gasteiger partial charge on any atom is -0.364 e. The molecule has 4 rings (SSSR count). The standard InChI is InChI=1S/C18H22N4O3S2/c1-2-22-17-7-6-15(27(23,24)21-9-4-3-5-10-21)12-16(17)19-18(22)26-13-14-8-11-25-20-14/h6-8,11-12H,2-5,9-10,13H2,1H3. The van der Waals surface area contributed by atoms with Crippen molar-refractivity contribution in [1.29, 1.82) is 0 Å². The Morgan fingerprint density at radius 1 is 1.19 bits per heavy atom. The van der Waals surface area contributed by atoms with Crippen molar-refractivity contribution in [2.45, 2.75) is 48.5 Å². The molecular formula is C18H22N4O3S2. The number of imidazole rings is 1. The molecule has 27 heavy (non-hydrogen) atoms. The summed E-state index contributed by atoms with van der Waals surface area (Å²) in [6, 6.07) is 7.09. The molecule has 3 heterocycles. The van der Waals surface area contributed by atoms with E-state index in [-0.39, 0.29) is 0 Å². The van der Waals surface area contributed by atoms with E-state index >= 15 is 0 Å². The zero-order valence-corrected chi connectivity index (χ0v) is 16.8. The van der Waals surface area contributed by atoms with Crippen LogP contribution in [0.25, 0.3) is 11.0 Å². The monoisotopic (exact) mass is 406 g/mol. The fraction of sp³-hybridized carbons (Fsp3) is 0.444. The van der Waals surface area contributed by atoms with Gasteiger partial charge in [0.05, 0.1) is 21.6 Å². The summed E-state index contributed by atoms with van der Waals surface area (Å²) in [7, 11) is -3.46. The zero-order chi connectivity index (χ0) is 18.9. The highest BCUT2D eigenvalue weighted by atomic mass is 32.2. The molecule has 3 aromatic rings. The Bertz CT molecular complexity index is 1020. The van der Waals surface area contributed by atoms with Crippen LogP contribution in [0.1, 0.15) is 31.9 Å². The highest BCUT2D eigenvalue weighted by molar-refractivity contribution is 7.98. The van der Waals surface area contributed by atoms with Gasteiger partial charge in [-0.25, -0.2) is 13.4 Å². The Labute approximate surface area is 162 Å². The molecule has 0 saturated carbocycles. The van der Waals surface area contributed by atoms with Gasteiger partial charge in [-0.2, -0.15) is 4.31 Å². The van der Waals surface area contributed by atoms with Gasteiger partial charge in [0.25, 0.3) is 0 Å². The Kier molecular flexibility index (Phi) is 5.25. The first-order valence-electron chi connectivity index (χ1n) is 9.12. The molecule has 1 fully saturated rings. The smallest absolute Gasteiger partial charge is 0.243 e. The maximum atomic E-state index is 12.9. The minimum absolute atomic E-state index is 0.325. The molecule has 1 aliphatic heterocycles. The van der Waals surface area contributed by atoms with E-state index in [1.807, 2.05) is 12.1 Å². The first kappa shape index (κ1) is 18.5. The third kappa shape index (κ3) is 3.63. The summed E-state index contributed by atoms with van der Waals surface area (Å²) >= 11 is 1.57. The molecule has 1 aliphatic rings. The van der Waals surface area contributed by atoms with E-state index in [1.165, 1.54) is 0 Å². The van der Waals surface area contributed by atoms with Crippen LogP contribution in [-0.4, -0.2) is 40.5 Å². The van der Waals surface area contributed by atoms with E-state index in [1.54, 1.807) is 34.5 Å². The molecule has 1 saturated heterocycles. The van der Waals surface area contributed by atoms with Crippen LogP contribution in [0.4, 0.5) is 0 Å². The molecule has 1 aromatic carbocycles. The van der Waals surface area contributed by atoms with Crippen molar-refractivity contribution >= 4 is 32.8 Å². The molecule has 144 valence electrons. The van der Waals surface area contributed by atoms with E-state index in [4.69, 9.17) is 4.52 Å². The summed E-state index contributed by atoms with van der Waals surface area (Å²) in [5.74, 6) is 0.652. The predicted octanol–water partition coefficient (Wildman–Crippen LogP) is 3.51. The van der Waals surface area contributed by atoms with Gasteiger partial charge in [-0.3, -0.25) is 0 Å². The number of nitrogens with zero attached hydrogens (tertiary/aromatic N) is 4. The van der Waals surface area contributed by atoms with Gasteiger partial charge in [-0.1, -0.05) is 23.3 Å². The minimum atomic E-state index is -3.46. The first-order chi connectivity index (χ1) is 13.1. The Morgan fingerprint density at radius 2 is 2.00 bits per heavy atom. The fourth-order valence-corrected chi connectivity index (χ4v) is 5.88. The van der Waals surface area contributed by atoms with Gasteiger partial charge in [0, 0.05) is 31.5 Å². The van der Waals surface area contributed by atoms with Crippen LogP contribution in [-0.2, 0) is 22.3 Å². The first-order valence-corrected chi connectivity index (χ1v) is 11.5. The Morgan fingerprint density at radius 3 is 2.70 bits per heavy atom. The van der Waals surface area contributed by atoms with Crippen LogP contribution in [0, 0.1) is 0 Å². The van der Waals surface area contributed by atoms with Gasteiger partial charge in [0.1, 0.15) is 6.26 Å². The lowest BCUT2D eigenvalue weighted by molar-refractivity contribution is 0.346. The normalized spacial score (nSPS) is 16.2. The second-order valence-corrected chi connectivity index (χ2v) is 9.41. The van der Waals surface area contributed by atoms with Gasteiger partial charge < -0.3 is 9.09 Å². The van der Waals surface area contributed by atoms with Crippen LogP contribution in [0.2, 0.25) is 0 Å². The van der Waals surface area contributed by atoms with Crippen LogP contribution < -0.4 is 0 Å². The van der Waals surface area contributed by atoms with E-state index in [0.717, 1.165) is 42.2 Å². The van der Waals surface area contributed by atoms with Gasteiger partial charge in [0.15, 0.2) is 5.16 Å². The van der Waals surface area contributed by atoms with E-state index < -0.39 is 10.0 Å². The van der Waals surface area contributed by atoms with Crippen LogP contribution in [0.3, 0.4) is 0 Å². The number of thioether (sulfide) groups is 1. The summed E-state index contributed by atoms with van der Waals surface area (Å²) in [4.78, 5) is 5.01. The van der Waals surface area contributed by atoms with Crippen molar-refractivity contribution in [3.05, 3.63) is 36.2 Å². The molecule has 9 heteroatoms. The lowest BCUT2D eigenvalue weighted by atomic mass is 10.2. The quantitative estimate of drug-likeness (QED) is 0.583. The van der Waals surface area contributed by atoms with E-state index in [2.05, 4.69) is 21.6 Å². The topological polar surface area (TPSA) is 81.2 Å². The molecular weight excluding hydrogens is 384 g/mol. The third-order valence-corrected chi connectivity index (χ3v) is 7.70. The van der Waals surface area contributed by atoms with Gasteiger partial charge >= 0.3 is 0 Å². The number of benzene rings is 1.